The first kappa shape index (κ1) is 21.9. The second-order valence-electron chi connectivity index (χ2n) is 7.04. The van der Waals surface area contributed by atoms with Gasteiger partial charge in [-0.3, -0.25) is 9.59 Å². The van der Waals surface area contributed by atoms with Crippen LogP contribution in [0.2, 0.25) is 0 Å². The van der Waals surface area contributed by atoms with Gasteiger partial charge in [-0.1, -0.05) is 42.5 Å². The zero-order valence-electron chi connectivity index (χ0n) is 17.5. The van der Waals surface area contributed by atoms with Gasteiger partial charge in [0.1, 0.15) is 0 Å². The minimum atomic E-state index is -0.0363. The van der Waals surface area contributed by atoms with Gasteiger partial charge in [-0.25, -0.2) is 4.99 Å². The number of aliphatic imine (C=N–C) groups is 1. The van der Waals surface area contributed by atoms with Crippen molar-refractivity contribution in [1.82, 2.24) is 20.4 Å². The number of benzene rings is 2. The molecule has 0 bridgehead atoms. The first-order valence-corrected chi connectivity index (χ1v) is 9.43. The number of amides is 2. The highest BCUT2D eigenvalue weighted by Crippen LogP contribution is 2.06. The highest BCUT2D eigenvalue weighted by molar-refractivity contribution is 5.93. The van der Waals surface area contributed by atoms with Gasteiger partial charge in [0, 0.05) is 40.3 Å². The summed E-state index contributed by atoms with van der Waals surface area (Å²) in [5.74, 6) is 0.488. The van der Waals surface area contributed by atoms with Crippen molar-refractivity contribution >= 4 is 17.8 Å². The number of rotatable bonds is 7. The molecule has 29 heavy (non-hydrogen) atoms. The SMILES string of the molecule is CN(C)C(=O)CNC(=NCc1ccccc1)NCc1ccc(C(=O)N(C)C)cc1. The smallest absolute Gasteiger partial charge is 0.253 e. The van der Waals surface area contributed by atoms with Gasteiger partial charge in [0.2, 0.25) is 5.91 Å². The molecule has 0 spiro atoms. The quantitative estimate of drug-likeness (QED) is 0.553. The van der Waals surface area contributed by atoms with E-state index in [1.54, 1.807) is 33.1 Å². The highest BCUT2D eigenvalue weighted by atomic mass is 16.2. The molecule has 0 aliphatic rings. The molecule has 0 unspecified atom stereocenters. The van der Waals surface area contributed by atoms with Crippen LogP contribution in [0.5, 0.6) is 0 Å². The molecule has 0 saturated heterocycles. The maximum Gasteiger partial charge on any atom is 0.253 e. The largest absolute Gasteiger partial charge is 0.352 e. The lowest BCUT2D eigenvalue weighted by molar-refractivity contribution is -0.127. The fourth-order valence-electron chi connectivity index (χ4n) is 2.45. The summed E-state index contributed by atoms with van der Waals surface area (Å²) in [7, 11) is 6.89. The lowest BCUT2D eigenvalue weighted by atomic mass is 10.1. The second-order valence-corrected chi connectivity index (χ2v) is 7.04. The molecule has 0 saturated carbocycles. The summed E-state index contributed by atoms with van der Waals surface area (Å²) in [6.45, 7) is 1.18. The monoisotopic (exact) mass is 395 g/mol. The summed E-state index contributed by atoms with van der Waals surface area (Å²) in [4.78, 5) is 31.5. The number of guanidine groups is 1. The van der Waals surface area contributed by atoms with E-state index >= 15 is 0 Å². The van der Waals surface area contributed by atoms with E-state index in [4.69, 9.17) is 0 Å². The molecule has 7 heteroatoms. The topological polar surface area (TPSA) is 77.0 Å². The van der Waals surface area contributed by atoms with Crippen LogP contribution in [-0.2, 0) is 17.9 Å². The molecule has 2 N–H and O–H groups in total. The molecule has 0 radical (unpaired) electrons. The van der Waals surface area contributed by atoms with E-state index in [-0.39, 0.29) is 18.4 Å². The molecule has 2 aromatic carbocycles. The van der Waals surface area contributed by atoms with E-state index in [0.717, 1.165) is 11.1 Å². The highest BCUT2D eigenvalue weighted by Gasteiger charge is 2.08. The maximum atomic E-state index is 12.0. The Morgan fingerprint density at radius 2 is 1.48 bits per heavy atom. The molecule has 0 aliphatic heterocycles. The minimum absolute atomic E-state index is 0.0292. The van der Waals surface area contributed by atoms with Crippen LogP contribution in [0.25, 0.3) is 0 Å². The zero-order chi connectivity index (χ0) is 21.2. The van der Waals surface area contributed by atoms with Gasteiger partial charge in [-0.2, -0.15) is 0 Å². The Kier molecular flexibility index (Phi) is 8.21. The molecule has 0 aliphatic carbocycles. The van der Waals surface area contributed by atoms with E-state index in [1.165, 1.54) is 4.90 Å². The number of nitrogens with one attached hydrogen (secondary N) is 2. The molecule has 0 heterocycles. The average Bonchev–Trinajstić information content (AvgIpc) is 2.73. The van der Waals surface area contributed by atoms with Crippen LogP contribution in [0.4, 0.5) is 0 Å². The molecule has 2 amide bonds. The Bertz CT molecular complexity index is 830. The number of carbonyl (C=O) groups is 2. The lowest BCUT2D eigenvalue weighted by Crippen LogP contribution is -2.42. The minimum Gasteiger partial charge on any atom is -0.352 e. The first-order chi connectivity index (χ1) is 13.9. The zero-order valence-corrected chi connectivity index (χ0v) is 17.5. The number of carbonyl (C=O) groups excluding carboxylic acids is 2. The third kappa shape index (κ3) is 7.29. The Morgan fingerprint density at radius 1 is 0.828 bits per heavy atom. The predicted octanol–water partition coefficient (Wildman–Crippen LogP) is 1.71. The molecule has 0 fully saturated rings. The van der Waals surface area contributed by atoms with Crippen LogP contribution in [0, 0.1) is 0 Å². The number of hydrogen-bond donors (Lipinski definition) is 2. The van der Waals surface area contributed by atoms with Crippen molar-refractivity contribution in [2.75, 3.05) is 34.7 Å². The van der Waals surface area contributed by atoms with Crippen molar-refractivity contribution in [2.24, 2.45) is 4.99 Å². The molecule has 2 rings (SSSR count). The molecule has 2 aromatic rings. The van der Waals surface area contributed by atoms with Crippen LogP contribution < -0.4 is 10.6 Å². The summed E-state index contributed by atoms with van der Waals surface area (Å²) in [6.07, 6.45) is 0. The van der Waals surface area contributed by atoms with E-state index in [0.29, 0.717) is 24.6 Å². The Morgan fingerprint density at radius 3 is 2.07 bits per heavy atom. The van der Waals surface area contributed by atoms with Gasteiger partial charge in [-0.05, 0) is 23.3 Å². The summed E-state index contributed by atoms with van der Waals surface area (Å²) < 4.78 is 0. The molecular formula is C22H29N5O2. The van der Waals surface area contributed by atoms with E-state index < -0.39 is 0 Å². The van der Waals surface area contributed by atoms with Crippen LogP contribution in [-0.4, -0.2) is 62.3 Å². The summed E-state index contributed by atoms with van der Waals surface area (Å²) in [5.41, 5.74) is 2.74. The van der Waals surface area contributed by atoms with Gasteiger partial charge < -0.3 is 20.4 Å². The van der Waals surface area contributed by atoms with Gasteiger partial charge >= 0.3 is 0 Å². The van der Waals surface area contributed by atoms with Crippen LogP contribution in [0.1, 0.15) is 21.5 Å². The second kappa shape index (κ2) is 10.8. The van der Waals surface area contributed by atoms with Gasteiger partial charge in [0.05, 0.1) is 13.1 Å². The molecular weight excluding hydrogens is 366 g/mol. The van der Waals surface area contributed by atoms with Crippen molar-refractivity contribution in [3.05, 3.63) is 71.3 Å². The average molecular weight is 396 g/mol. The van der Waals surface area contributed by atoms with Crippen molar-refractivity contribution in [3.8, 4) is 0 Å². The first-order valence-electron chi connectivity index (χ1n) is 9.43. The van der Waals surface area contributed by atoms with Crippen molar-refractivity contribution in [1.29, 1.82) is 0 Å². The van der Waals surface area contributed by atoms with Gasteiger partial charge in [0.15, 0.2) is 5.96 Å². The third-order valence-electron chi connectivity index (χ3n) is 4.24. The van der Waals surface area contributed by atoms with Crippen molar-refractivity contribution in [2.45, 2.75) is 13.1 Å². The third-order valence-corrected chi connectivity index (χ3v) is 4.24. The van der Waals surface area contributed by atoms with Crippen LogP contribution in [0.15, 0.2) is 59.6 Å². The number of likely N-dealkylation sites (N-methyl/N-ethyl adjacent to an activating group) is 1. The summed E-state index contributed by atoms with van der Waals surface area (Å²) in [5, 5.41) is 6.32. The predicted molar refractivity (Wildman–Crippen MR) is 116 cm³/mol. The van der Waals surface area contributed by atoms with Gasteiger partial charge in [-0.15, -0.1) is 0 Å². The van der Waals surface area contributed by atoms with E-state index in [1.807, 2.05) is 54.6 Å². The summed E-state index contributed by atoms with van der Waals surface area (Å²) >= 11 is 0. The van der Waals surface area contributed by atoms with Crippen LogP contribution in [0.3, 0.4) is 0 Å². The van der Waals surface area contributed by atoms with Crippen molar-refractivity contribution < 1.29 is 9.59 Å². The molecule has 0 aromatic heterocycles. The number of hydrogen-bond acceptors (Lipinski definition) is 3. The standard InChI is InChI=1S/C22H29N5O2/c1-26(2)20(28)16-25-22(23-14-17-8-6-5-7-9-17)24-15-18-10-12-19(13-11-18)21(29)27(3)4/h5-13H,14-16H2,1-4H3,(H2,23,24,25). The van der Waals surface area contributed by atoms with E-state index in [9.17, 15) is 9.59 Å². The number of nitrogens with zero attached hydrogens (tertiary/aromatic N) is 3. The molecule has 154 valence electrons. The van der Waals surface area contributed by atoms with Gasteiger partial charge in [0.25, 0.3) is 5.91 Å². The normalized spacial score (nSPS) is 11.0. The van der Waals surface area contributed by atoms with Crippen molar-refractivity contribution in [3.63, 3.8) is 0 Å². The molecule has 0 atom stereocenters. The fraction of sp³-hybridized carbons (Fsp3) is 0.318. The fourth-order valence-corrected chi connectivity index (χ4v) is 2.45. The van der Waals surface area contributed by atoms with Crippen LogP contribution >= 0.6 is 0 Å². The Labute approximate surface area is 172 Å². The lowest BCUT2D eigenvalue weighted by Gasteiger charge is -2.15. The summed E-state index contributed by atoms with van der Waals surface area (Å²) in [6, 6.07) is 17.3. The molecule has 7 nitrogen and oxygen atoms in total. The Hall–Kier alpha value is -3.35. The Balaban J connectivity index is 2.02. The maximum absolute atomic E-state index is 12.0. The van der Waals surface area contributed by atoms with E-state index in [2.05, 4.69) is 15.6 Å².